The maximum Gasteiger partial charge on any atom is 0.269 e. The van der Waals surface area contributed by atoms with Gasteiger partial charge in [-0.2, -0.15) is 5.10 Å². The van der Waals surface area contributed by atoms with Crippen molar-refractivity contribution in [2.75, 3.05) is 5.32 Å². The van der Waals surface area contributed by atoms with E-state index in [9.17, 15) is 9.59 Å². The van der Waals surface area contributed by atoms with Gasteiger partial charge in [0, 0.05) is 17.0 Å². The second kappa shape index (κ2) is 6.05. The zero-order valence-electron chi connectivity index (χ0n) is 13.6. The third-order valence-electron chi connectivity index (χ3n) is 4.37. The normalized spacial score (nSPS) is 13.8. The molecule has 3 aromatic rings. The van der Waals surface area contributed by atoms with Crippen LogP contribution in [0, 0.1) is 5.92 Å². The number of primary amides is 1. The van der Waals surface area contributed by atoms with Crippen molar-refractivity contribution in [3.8, 4) is 0 Å². The minimum absolute atomic E-state index is 0.0812. The molecule has 1 aliphatic rings. The molecule has 0 aliphatic heterocycles. The Kier molecular flexibility index (Phi) is 3.72. The molecule has 0 saturated heterocycles. The summed E-state index contributed by atoms with van der Waals surface area (Å²) in [6, 6.07) is 15.2. The fourth-order valence-corrected chi connectivity index (χ4v) is 2.94. The highest BCUT2D eigenvalue weighted by atomic mass is 16.2. The Morgan fingerprint density at radius 3 is 2.72 bits per heavy atom. The van der Waals surface area contributed by atoms with Crippen molar-refractivity contribution in [2.45, 2.75) is 19.4 Å². The van der Waals surface area contributed by atoms with Crippen LogP contribution in [0.1, 0.15) is 28.9 Å². The van der Waals surface area contributed by atoms with Crippen LogP contribution in [-0.4, -0.2) is 21.6 Å². The average Bonchev–Trinajstić information content (AvgIpc) is 3.39. The Morgan fingerprint density at radius 1 is 1.16 bits per heavy atom. The SMILES string of the molecule is NC(=O)c1nn(Cc2cccc(NC(=O)C3CC3)c2)c2ccccc12. The molecule has 1 aliphatic carbocycles. The number of nitrogens with one attached hydrogen (secondary N) is 1. The van der Waals surface area contributed by atoms with Crippen LogP contribution in [0.15, 0.2) is 48.5 Å². The molecule has 1 fully saturated rings. The van der Waals surface area contributed by atoms with E-state index < -0.39 is 5.91 Å². The van der Waals surface area contributed by atoms with Gasteiger partial charge in [-0.05, 0) is 36.6 Å². The maximum absolute atomic E-state index is 11.9. The third kappa shape index (κ3) is 3.10. The summed E-state index contributed by atoms with van der Waals surface area (Å²) >= 11 is 0. The van der Waals surface area contributed by atoms with Crippen LogP contribution in [0.3, 0.4) is 0 Å². The van der Waals surface area contributed by atoms with Gasteiger partial charge in [-0.15, -0.1) is 0 Å². The average molecular weight is 334 g/mol. The molecule has 4 rings (SSSR count). The van der Waals surface area contributed by atoms with Gasteiger partial charge in [0.1, 0.15) is 0 Å². The fourth-order valence-electron chi connectivity index (χ4n) is 2.94. The third-order valence-corrected chi connectivity index (χ3v) is 4.37. The Labute approximate surface area is 144 Å². The number of nitrogens with two attached hydrogens (primary N) is 1. The summed E-state index contributed by atoms with van der Waals surface area (Å²) in [5, 5.41) is 8.06. The van der Waals surface area contributed by atoms with Crippen LogP contribution in [0.4, 0.5) is 5.69 Å². The molecule has 1 heterocycles. The number of hydrogen-bond donors (Lipinski definition) is 2. The van der Waals surface area contributed by atoms with Gasteiger partial charge in [-0.25, -0.2) is 0 Å². The van der Waals surface area contributed by atoms with Crippen LogP contribution < -0.4 is 11.1 Å². The number of rotatable bonds is 5. The van der Waals surface area contributed by atoms with Gasteiger partial charge in [0.2, 0.25) is 5.91 Å². The molecule has 25 heavy (non-hydrogen) atoms. The first-order valence-corrected chi connectivity index (χ1v) is 8.27. The number of carbonyl (C=O) groups is 2. The minimum atomic E-state index is -0.541. The minimum Gasteiger partial charge on any atom is -0.364 e. The lowest BCUT2D eigenvalue weighted by Gasteiger charge is -2.08. The summed E-state index contributed by atoms with van der Waals surface area (Å²) in [7, 11) is 0. The predicted octanol–water partition coefficient (Wildman–Crippen LogP) is 2.53. The molecule has 2 aromatic carbocycles. The monoisotopic (exact) mass is 334 g/mol. The van der Waals surface area contributed by atoms with Crippen molar-refractivity contribution >= 4 is 28.4 Å². The zero-order chi connectivity index (χ0) is 17.4. The van der Waals surface area contributed by atoms with Crippen LogP contribution >= 0.6 is 0 Å². The molecule has 0 bridgehead atoms. The van der Waals surface area contributed by atoms with Crippen molar-refractivity contribution in [2.24, 2.45) is 11.7 Å². The summed E-state index contributed by atoms with van der Waals surface area (Å²) in [4.78, 5) is 23.5. The van der Waals surface area contributed by atoms with E-state index in [4.69, 9.17) is 5.73 Å². The Morgan fingerprint density at radius 2 is 1.96 bits per heavy atom. The van der Waals surface area contributed by atoms with E-state index in [-0.39, 0.29) is 17.5 Å². The highest BCUT2D eigenvalue weighted by molar-refractivity contribution is 6.04. The fraction of sp³-hybridized carbons (Fsp3) is 0.211. The Bertz CT molecular complexity index is 972. The lowest BCUT2D eigenvalue weighted by atomic mass is 10.2. The van der Waals surface area contributed by atoms with Gasteiger partial charge in [0.15, 0.2) is 5.69 Å². The number of aromatic nitrogens is 2. The molecule has 2 amide bonds. The molecule has 0 spiro atoms. The molecule has 6 nitrogen and oxygen atoms in total. The Hall–Kier alpha value is -3.15. The lowest BCUT2D eigenvalue weighted by molar-refractivity contribution is -0.117. The number of benzene rings is 2. The molecule has 3 N–H and O–H groups in total. The topological polar surface area (TPSA) is 90.0 Å². The lowest BCUT2D eigenvalue weighted by Crippen LogP contribution is -2.14. The Balaban J connectivity index is 1.63. The molecule has 1 saturated carbocycles. The van der Waals surface area contributed by atoms with E-state index in [1.54, 1.807) is 4.68 Å². The zero-order valence-corrected chi connectivity index (χ0v) is 13.6. The predicted molar refractivity (Wildman–Crippen MR) is 95.1 cm³/mol. The molecular formula is C19H18N4O2. The summed E-state index contributed by atoms with van der Waals surface area (Å²) in [5.74, 6) is -0.296. The van der Waals surface area contributed by atoms with Gasteiger partial charge >= 0.3 is 0 Å². The smallest absolute Gasteiger partial charge is 0.269 e. The van der Waals surface area contributed by atoms with Gasteiger partial charge in [0.05, 0.1) is 12.1 Å². The molecule has 0 atom stereocenters. The standard InChI is InChI=1S/C19H18N4O2/c20-18(24)17-15-6-1-2-7-16(15)23(22-17)11-12-4-3-5-14(10-12)21-19(25)13-8-9-13/h1-7,10,13H,8-9,11H2,(H2,20,24)(H,21,25). The number of amides is 2. The first-order valence-electron chi connectivity index (χ1n) is 8.27. The molecule has 126 valence electrons. The quantitative estimate of drug-likeness (QED) is 0.751. The first kappa shape index (κ1) is 15.4. The van der Waals surface area contributed by atoms with E-state index >= 15 is 0 Å². The highest BCUT2D eigenvalue weighted by Gasteiger charge is 2.29. The van der Waals surface area contributed by atoms with Crippen molar-refractivity contribution in [1.29, 1.82) is 0 Å². The van der Waals surface area contributed by atoms with Gasteiger partial charge in [-0.3, -0.25) is 14.3 Å². The summed E-state index contributed by atoms with van der Waals surface area (Å²) < 4.78 is 1.76. The van der Waals surface area contributed by atoms with E-state index in [0.29, 0.717) is 6.54 Å². The number of hydrogen-bond acceptors (Lipinski definition) is 3. The summed E-state index contributed by atoms with van der Waals surface area (Å²) in [6.45, 7) is 0.487. The molecule has 6 heteroatoms. The number of nitrogens with zero attached hydrogens (tertiary/aromatic N) is 2. The van der Waals surface area contributed by atoms with Crippen molar-refractivity contribution < 1.29 is 9.59 Å². The van der Waals surface area contributed by atoms with E-state index in [1.165, 1.54) is 0 Å². The van der Waals surface area contributed by atoms with Gasteiger partial charge < -0.3 is 11.1 Å². The summed E-state index contributed by atoms with van der Waals surface area (Å²) in [5.41, 5.74) is 8.32. The maximum atomic E-state index is 11.9. The highest BCUT2D eigenvalue weighted by Crippen LogP contribution is 2.30. The van der Waals surface area contributed by atoms with Crippen LogP contribution in [0.2, 0.25) is 0 Å². The number of anilines is 1. The van der Waals surface area contributed by atoms with Crippen LogP contribution in [0.25, 0.3) is 10.9 Å². The van der Waals surface area contributed by atoms with Crippen molar-refractivity contribution in [3.05, 3.63) is 59.8 Å². The van der Waals surface area contributed by atoms with Crippen molar-refractivity contribution in [3.63, 3.8) is 0 Å². The van der Waals surface area contributed by atoms with E-state index in [1.807, 2.05) is 48.5 Å². The second-order valence-corrected chi connectivity index (χ2v) is 6.35. The number of fused-ring (bicyclic) bond motifs is 1. The molecule has 0 radical (unpaired) electrons. The van der Waals surface area contributed by atoms with E-state index in [2.05, 4.69) is 10.4 Å². The molecular weight excluding hydrogens is 316 g/mol. The first-order chi connectivity index (χ1) is 12.1. The largest absolute Gasteiger partial charge is 0.364 e. The number of para-hydroxylation sites is 1. The summed E-state index contributed by atoms with van der Waals surface area (Å²) in [6.07, 6.45) is 1.95. The van der Waals surface area contributed by atoms with Gasteiger partial charge in [-0.1, -0.05) is 30.3 Å². The van der Waals surface area contributed by atoms with Crippen LogP contribution in [0.5, 0.6) is 0 Å². The molecule has 1 aromatic heterocycles. The second-order valence-electron chi connectivity index (χ2n) is 6.35. The van der Waals surface area contributed by atoms with Crippen molar-refractivity contribution in [1.82, 2.24) is 9.78 Å². The van der Waals surface area contributed by atoms with Gasteiger partial charge in [0.25, 0.3) is 5.91 Å². The van der Waals surface area contributed by atoms with Crippen LogP contribution in [-0.2, 0) is 11.3 Å². The van der Waals surface area contributed by atoms with E-state index in [0.717, 1.165) is 35.0 Å². The number of carbonyl (C=O) groups excluding carboxylic acids is 2. The molecule has 0 unspecified atom stereocenters.